The van der Waals surface area contributed by atoms with Crippen molar-refractivity contribution in [3.63, 3.8) is 0 Å². The lowest BCUT2D eigenvalue weighted by Crippen LogP contribution is -2.36. The number of anilines is 1. The molecule has 0 bridgehead atoms. The Kier molecular flexibility index (Phi) is 7.55. The molecule has 0 radical (unpaired) electrons. The molecular weight excluding hydrogens is 442 g/mol. The zero-order valence-corrected chi connectivity index (χ0v) is 20.3. The molecule has 1 fully saturated rings. The smallest absolute Gasteiger partial charge is 0.321 e. The predicted molar refractivity (Wildman–Crippen MR) is 136 cm³/mol. The van der Waals surface area contributed by atoms with Gasteiger partial charge in [-0.15, -0.1) is 0 Å². The van der Waals surface area contributed by atoms with Crippen molar-refractivity contribution in [1.29, 1.82) is 0 Å². The number of rotatable bonds is 7. The Morgan fingerprint density at radius 2 is 1.66 bits per heavy atom. The van der Waals surface area contributed by atoms with E-state index >= 15 is 0 Å². The molecule has 2 N–H and O–H groups in total. The fraction of sp³-hybridized carbons (Fsp3) is 0.286. The summed E-state index contributed by atoms with van der Waals surface area (Å²) in [6.07, 6.45) is 0. The molecule has 2 atom stereocenters. The van der Waals surface area contributed by atoms with Gasteiger partial charge in [-0.2, -0.15) is 0 Å². The van der Waals surface area contributed by atoms with Crippen LogP contribution in [0.1, 0.15) is 22.6 Å². The van der Waals surface area contributed by atoms with Crippen molar-refractivity contribution in [2.45, 2.75) is 19.4 Å². The predicted octanol–water partition coefficient (Wildman–Crippen LogP) is 4.58. The highest BCUT2D eigenvalue weighted by Gasteiger charge is 2.42. The Bertz CT molecular complexity index is 1160. The molecule has 0 saturated carbocycles. The van der Waals surface area contributed by atoms with E-state index in [0.29, 0.717) is 36.8 Å². The Hall–Kier alpha value is -4.00. The van der Waals surface area contributed by atoms with Crippen molar-refractivity contribution in [1.82, 2.24) is 10.2 Å². The summed E-state index contributed by atoms with van der Waals surface area (Å²) < 4.78 is 11.1. The van der Waals surface area contributed by atoms with Gasteiger partial charge in [-0.1, -0.05) is 60.2 Å². The number of hydrogen-bond acceptors (Lipinski definition) is 4. The molecule has 1 heterocycles. The summed E-state index contributed by atoms with van der Waals surface area (Å²) in [6, 6.07) is 22.8. The Morgan fingerprint density at radius 1 is 0.914 bits per heavy atom. The van der Waals surface area contributed by atoms with E-state index in [2.05, 4.69) is 10.6 Å². The van der Waals surface area contributed by atoms with Crippen LogP contribution in [0.15, 0.2) is 72.8 Å². The second kappa shape index (κ2) is 11.0. The molecule has 1 aliphatic heterocycles. The van der Waals surface area contributed by atoms with Crippen LogP contribution < -0.4 is 20.1 Å². The van der Waals surface area contributed by atoms with E-state index in [1.165, 1.54) is 0 Å². The summed E-state index contributed by atoms with van der Waals surface area (Å²) in [5.74, 6) is 0.384. The number of nitrogens with one attached hydrogen (secondary N) is 2. The van der Waals surface area contributed by atoms with Gasteiger partial charge in [-0.25, -0.2) is 4.79 Å². The van der Waals surface area contributed by atoms with Gasteiger partial charge in [0, 0.05) is 36.8 Å². The van der Waals surface area contributed by atoms with Crippen LogP contribution in [0.3, 0.4) is 0 Å². The van der Waals surface area contributed by atoms with E-state index in [4.69, 9.17) is 9.47 Å². The molecule has 0 aliphatic carbocycles. The molecule has 0 aromatic heterocycles. The third kappa shape index (κ3) is 5.57. The van der Waals surface area contributed by atoms with Crippen LogP contribution in [0.5, 0.6) is 11.5 Å². The number of hydrogen-bond donors (Lipinski definition) is 2. The van der Waals surface area contributed by atoms with Crippen LogP contribution in [-0.2, 0) is 11.3 Å². The third-order valence-electron chi connectivity index (χ3n) is 6.39. The molecule has 4 rings (SSSR count). The number of amides is 3. The summed E-state index contributed by atoms with van der Waals surface area (Å²) in [4.78, 5) is 28.2. The Balaban J connectivity index is 1.57. The van der Waals surface area contributed by atoms with Crippen LogP contribution in [0.25, 0.3) is 0 Å². The van der Waals surface area contributed by atoms with Gasteiger partial charge in [0.1, 0.15) is 0 Å². The van der Waals surface area contributed by atoms with Crippen LogP contribution in [0.4, 0.5) is 10.5 Å². The molecule has 1 aliphatic rings. The Labute approximate surface area is 206 Å². The second-order valence-electron chi connectivity index (χ2n) is 8.70. The standard InChI is InChI=1S/C28H31N3O4/c1-19-12-14-21(15-13-19)30-28(33)31-17-23(22-10-7-11-25(34-2)26(22)35-3)24(18-31)27(32)29-16-20-8-5-4-6-9-20/h4-15,23-24H,16-18H2,1-3H3,(H,29,32)(H,30,33)/t23-,24-/m0/s1. The molecule has 7 nitrogen and oxygen atoms in total. The average Bonchev–Trinajstić information content (AvgIpc) is 3.34. The number of para-hydroxylation sites is 1. The highest BCUT2D eigenvalue weighted by molar-refractivity contribution is 5.91. The fourth-order valence-corrected chi connectivity index (χ4v) is 4.51. The molecule has 182 valence electrons. The van der Waals surface area contributed by atoms with Gasteiger partial charge in [-0.05, 0) is 30.7 Å². The lowest BCUT2D eigenvalue weighted by molar-refractivity contribution is -0.125. The maximum atomic E-state index is 13.4. The van der Waals surface area contributed by atoms with Crippen molar-refractivity contribution in [3.8, 4) is 11.5 Å². The summed E-state index contributed by atoms with van der Waals surface area (Å²) in [5.41, 5.74) is 3.69. The summed E-state index contributed by atoms with van der Waals surface area (Å²) >= 11 is 0. The largest absolute Gasteiger partial charge is 0.493 e. The molecule has 7 heteroatoms. The first kappa shape index (κ1) is 24.1. The summed E-state index contributed by atoms with van der Waals surface area (Å²) in [5, 5.41) is 6.00. The lowest BCUT2D eigenvalue weighted by atomic mass is 9.87. The van der Waals surface area contributed by atoms with E-state index in [1.807, 2.05) is 79.7 Å². The number of ether oxygens (including phenoxy) is 2. The zero-order chi connectivity index (χ0) is 24.8. The number of nitrogens with zero attached hydrogens (tertiary/aromatic N) is 1. The number of likely N-dealkylation sites (tertiary alicyclic amines) is 1. The van der Waals surface area contributed by atoms with Crippen LogP contribution in [0.2, 0.25) is 0 Å². The summed E-state index contributed by atoms with van der Waals surface area (Å²) in [7, 11) is 3.17. The number of carbonyl (C=O) groups is 2. The first-order valence-electron chi connectivity index (χ1n) is 11.6. The van der Waals surface area contributed by atoms with Gasteiger partial charge in [0.05, 0.1) is 20.1 Å². The van der Waals surface area contributed by atoms with Crippen molar-refractivity contribution in [2.24, 2.45) is 5.92 Å². The second-order valence-corrected chi connectivity index (χ2v) is 8.70. The highest BCUT2D eigenvalue weighted by atomic mass is 16.5. The van der Waals surface area contributed by atoms with Gasteiger partial charge < -0.3 is 25.0 Å². The molecule has 1 saturated heterocycles. The first-order chi connectivity index (χ1) is 17.0. The monoisotopic (exact) mass is 473 g/mol. The normalized spacial score (nSPS) is 17.1. The Morgan fingerprint density at radius 3 is 2.34 bits per heavy atom. The number of aryl methyl sites for hydroxylation is 1. The summed E-state index contributed by atoms with van der Waals surface area (Å²) in [6.45, 7) is 3.10. The number of benzene rings is 3. The fourth-order valence-electron chi connectivity index (χ4n) is 4.51. The minimum Gasteiger partial charge on any atom is -0.493 e. The van der Waals surface area contributed by atoms with Crippen molar-refractivity contribution < 1.29 is 19.1 Å². The molecular formula is C28H31N3O4. The van der Waals surface area contributed by atoms with Crippen LogP contribution >= 0.6 is 0 Å². The van der Waals surface area contributed by atoms with Gasteiger partial charge in [0.2, 0.25) is 5.91 Å². The van der Waals surface area contributed by atoms with Crippen molar-refractivity contribution >= 4 is 17.6 Å². The van der Waals surface area contributed by atoms with Crippen molar-refractivity contribution in [2.75, 3.05) is 32.6 Å². The van der Waals surface area contributed by atoms with E-state index in [1.54, 1.807) is 19.1 Å². The first-order valence-corrected chi connectivity index (χ1v) is 11.6. The van der Waals surface area contributed by atoms with Crippen LogP contribution in [0, 0.1) is 12.8 Å². The maximum Gasteiger partial charge on any atom is 0.321 e. The number of methoxy groups -OCH3 is 2. The number of urea groups is 1. The average molecular weight is 474 g/mol. The van der Waals surface area contributed by atoms with Crippen LogP contribution in [-0.4, -0.2) is 44.1 Å². The van der Waals surface area contributed by atoms with E-state index in [-0.39, 0.29) is 17.9 Å². The minimum absolute atomic E-state index is 0.102. The molecule has 3 amide bonds. The lowest BCUT2D eigenvalue weighted by Gasteiger charge is -2.21. The molecule has 3 aromatic carbocycles. The highest BCUT2D eigenvalue weighted by Crippen LogP contribution is 2.42. The SMILES string of the molecule is COc1cccc([C@@H]2CN(C(=O)Nc3ccc(C)cc3)C[C@@H]2C(=O)NCc2ccccc2)c1OC. The minimum atomic E-state index is -0.441. The van der Waals surface area contributed by atoms with Gasteiger partial charge in [0.15, 0.2) is 11.5 Å². The van der Waals surface area contributed by atoms with Gasteiger partial charge >= 0.3 is 6.03 Å². The van der Waals surface area contributed by atoms with Crippen molar-refractivity contribution in [3.05, 3.63) is 89.5 Å². The molecule has 0 unspecified atom stereocenters. The third-order valence-corrected chi connectivity index (χ3v) is 6.39. The van der Waals surface area contributed by atoms with E-state index in [0.717, 1.165) is 16.7 Å². The van der Waals surface area contributed by atoms with E-state index < -0.39 is 5.92 Å². The zero-order valence-electron chi connectivity index (χ0n) is 20.3. The van der Waals surface area contributed by atoms with Gasteiger partial charge in [0.25, 0.3) is 0 Å². The maximum absolute atomic E-state index is 13.4. The molecule has 0 spiro atoms. The number of carbonyl (C=O) groups excluding carboxylic acids is 2. The molecule has 35 heavy (non-hydrogen) atoms. The van der Waals surface area contributed by atoms with E-state index in [9.17, 15) is 9.59 Å². The topological polar surface area (TPSA) is 79.9 Å². The molecule has 3 aromatic rings. The van der Waals surface area contributed by atoms with Gasteiger partial charge in [-0.3, -0.25) is 4.79 Å². The quantitative estimate of drug-likeness (QED) is 0.527.